The fraction of sp³-hybridized carbons (Fsp3) is 0.684. The molecule has 2 unspecified atom stereocenters. The predicted molar refractivity (Wildman–Crippen MR) is 101 cm³/mol. The van der Waals surface area contributed by atoms with Crippen LogP contribution in [0.4, 0.5) is 0 Å². The zero-order chi connectivity index (χ0) is 18.1. The van der Waals surface area contributed by atoms with Crippen LogP contribution >= 0.6 is 0 Å². The number of aliphatic imine (C=N–C) groups is 1. The van der Waals surface area contributed by atoms with Crippen LogP contribution in [0.25, 0.3) is 0 Å². The molecule has 0 saturated heterocycles. The van der Waals surface area contributed by atoms with E-state index in [1.54, 1.807) is 25.3 Å². The van der Waals surface area contributed by atoms with Crippen LogP contribution in [0, 0.1) is 5.92 Å². The van der Waals surface area contributed by atoms with E-state index in [2.05, 4.69) is 22.5 Å². The lowest BCUT2D eigenvalue weighted by atomic mass is 9.84. The topological polar surface area (TPSA) is 69.9 Å². The highest BCUT2D eigenvalue weighted by atomic mass is 16.3. The van der Waals surface area contributed by atoms with Gasteiger partial charge in [0.2, 0.25) is 5.91 Å². The summed E-state index contributed by atoms with van der Waals surface area (Å²) in [7, 11) is 3.50. The van der Waals surface area contributed by atoms with Gasteiger partial charge in [-0.3, -0.25) is 4.79 Å². The monoisotopic (exact) mass is 348 g/mol. The number of hydrogen-bond acceptors (Lipinski definition) is 3. The molecule has 1 aromatic heterocycles. The lowest BCUT2D eigenvalue weighted by Gasteiger charge is -2.30. The number of guanidine groups is 1. The molecule has 2 atom stereocenters. The first-order valence-corrected chi connectivity index (χ1v) is 9.35. The third-order valence-corrected chi connectivity index (χ3v) is 4.82. The number of nitrogens with zero attached hydrogens (tertiary/aromatic N) is 2. The van der Waals surface area contributed by atoms with Crippen LogP contribution in [0.3, 0.4) is 0 Å². The lowest BCUT2D eigenvalue weighted by molar-refractivity contribution is -0.127. The van der Waals surface area contributed by atoms with Gasteiger partial charge in [0, 0.05) is 33.1 Å². The van der Waals surface area contributed by atoms with Crippen molar-refractivity contribution in [3.8, 4) is 0 Å². The van der Waals surface area contributed by atoms with Crippen molar-refractivity contribution in [3.05, 3.63) is 24.2 Å². The summed E-state index contributed by atoms with van der Waals surface area (Å²) < 4.78 is 5.36. The predicted octanol–water partition coefficient (Wildman–Crippen LogP) is 2.41. The maximum Gasteiger partial charge on any atom is 0.243 e. The normalized spacial score (nSPS) is 21.0. The summed E-state index contributed by atoms with van der Waals surface area (Å²) in [5.74, 6) is 2.46. The van der Waals surface area contributed by atoms with Crippen molar-refractivity contribution in [3.63, 3.8) is 0 Å². The molecule has 1 heterocycles. The lowest BCUT2D eigenvalue weighted by Crippen LogP contribution is -2.46. The second-order valence-corrected chi connectivity index (χ2v) is 6.99. The Morgan fingerprint density at radius 2 is 2.24 bits per heavy atom. The molecule has 0 aromatic carbocycles. The van der Waals surface area contributed by atoms with Crippen molar-refractivity contribution in [2.45, 2.75) is 51.5 Å². The first-order chi connectivity index (χ1) is 12.1. The number of rotatable bonds is 7. The van der Waals surface area contributed by atoms with Crippen LogP contribution < -0.4 is 10.6 Å². The Kier molecular flexibility index (Phi) is 7.82. The van der Waals surface area contributed by atoms with Crippen LogP contribution in [0.5, 0.6) is 0 Å². The third-order valence-electron chi connectivity index (χ3n) is 4.82. The molecule has 1 amide bonds. The number of nitrogens with one attached hydrogen (secondary N) is 2. The molecular formula is C19H32N4O2. The average Bonchev–Trinajstić information content (AvgIpc) is 3.12. The molecular weight excluding hydrogens is 316 g/mol. The summed E-state index contributed by atoms with van der Waals surface area (Å²) >= 11 is 0. The highest BCUT2D eigenvalue weighted by molar-refractivity contribution is 5.84. The first-order valence-electron chi connectivity index (χ1n) is 9.35. The van der Waals surface area contributed by atoms with Crippen molar-refractivity contribution in [2.75, 3.05) is 27.2 Å². The van der Waals surface area contributed by atoms with Gasteiger partial charge in [-0.15, -0.1) is 0 Å². The Hall–Kier alpha value is -1.98. The molecule has 25 heavy (non-hydrogen) atoms. The fourth-order valence-corrected chi connectivity index (χ4v) is 3.19. The molecule has 1 aliphatic carbocycles. The summed E-state index contributed by atoms with van der Waals surface area (Å²) in [6.07, 6.45) is 8.63. The summed E-state index contributed by atoms with van der Waals surface area (Å²) in [6, 6.07) is 4.29. The molecule has 0 bridgehead atoms. The SMILES string of the molecule is CCC1CCCC(NC(=NCC(=O)N(C)C)NCCc2ccco2)C1. The van der Waals surface area contributed by atoms with E-state index in [0.717, 1.165) is 37.0 Å². The van der Waals surface area contributed by atoms with E-state index >= 15 is 0 Å². The van der Waals surface area contributed by atoms with E-state index in [1.807, 2.05) is 12.1 Å². The molecule has 0 spiro atoms. The van der Waals surface area contributed by atoms with Gasteiger partial charge in [-0.05, 0) is 30.9 Å². The van der Waals surface area contributed by atoms with Crippen molar-refractivity contribution in [2.24, 2.45) is 10.9 Å². The molecule has 1 saturated carbocycles. The van der Waals surface area contributed by atoms with E-state index in [-0.39, 0.29) is 12.5 Å². The quantitative estimate of drug-likeness (QED) is 0.586. The second-order valence-electron chi connectivity index (χ2n) is 6.99. The van der Waals surface area contributed by atoms with Gasteiger partial charge in [0.05, 0.1) is 6.26 Å². The standard InChI is InChI=1S/C19H32N4O2/c1-4-15-7-5-8-16(13-15)22-19(21-14-18(24)23(2)3)20-11-10-17-9-6-12-25-17/h6,9,12,15-16H,4-5,7-8,10-11,13-14H2,1-3H3,(H2,20,21,22). The van der Waals surface area contributed by atoms with Crippen molar-refractivity contribution < 1.29 is 9.21 Å². The highest BCUT2D eigenvalue weighted by Gasteiger charge is 2.21. The van der Waals surface area contributed by atoms with Gasteiger partial charge in [0.15, 0.2) is 5.96 Å². The number of furan rings is 1. The third kappa shape index (κ3) is 6.80. The number of likely N-dealkylation sites (N-methyl/N-ethyl adjacent to an activating group) is 1. The number of carbonyl (C=O) groups is 1. The van der Waals surface area contributed by atoms with E-state index in [0.29, 0.717) is 6.04 Å². The van der Waals surface area contributed by atoms with Gasteiger partial charge in [0.25, 0.3) is 0 Å². The van der Waals surface area contributed by atoms with Crippen molar-refractivity contribution in [1.29, 1.82) is 0 Å². The van der Waals surface area contributed by atoms with Gasteiger partial charge in [-0.1, -0.05) is 26.2 Å². The second kappa shape index (κ2) is 10.1. The van der Waals surface area contributed by atoms with Crippen molar-refractivity contribution >= 4 is 11.9 Å². The van der Waals surface area contributed by atoms with E-state index in [1.165, 1.54) is 25.7 Å². The summed E-state index contributed by atoms with van der Waals surface area (Å²) in [6.45, 7) is 3.14. The minimum Gasteiger partial charge on any atom is -0.469 e. The highest BCUT2D eigenvalue weighted by Crippen LogP contribution is 2.26. The fourth-order valence-electron chi connectivity index (χ4n) is 3.19. The maximum atomic E-state index is 11.8. The Bertz CT molecular complexity index is 540. The van der Waals surface area contributed by atoms with Crippen LogP contribution in [-0.4, -0.2) is 50.0 Å². The minimum atomic E-state index is 0.00205. The number of amides is 1. The zero-order valence-corrected chi connectivity index (χ0v) is 15.8. The number of carbonyl (C=O) groups excluding carboxylic acids is 1. The minimum absolute atomic E-state index is 0.00205. The van der Waals surface area contributed by atoms with Gasteiger partial charge in [-0.25, -0.2) is 4.99 Å². The largest absolute Gasteiger partial charge is 0.469 e. The van der Waals surface area contributed by atoms with Crippen LogP contribution in [0.15, 0.2) is 27.8 Å². The molecule has 6 nitrogen and oxygen atoms in total. The zero-order valence-electron chi connectivity index (χ0n) is 15.8. The molecule has 0 aliphatic heterocycles. The van der Waals surface area contributed by atoms with Crippen LogP contribution in [-0.2, 0) is 11.2 Å². The molecule has 0 radical (unpaired) electrons. The maximum absolute atomic E-state index is 11.8. The van der Waals surface area contributed by atoms with E-state index in [4.69, 9.17) is 4.42 Å². The van der Waals surface area contributed by atoms with Crippen molar-refractivity contribution in [1.82, 2.24) is 15.5 Å². The molecule has 140 valence electrons. The van der Waals surface area contributed by atoms with Gasteiger partial charge in [-0.2, -0.15) is 0 Å². The van der Waals surface area contributed by atoms with Gasteiger partial charge < -0.3 is 20.0 Å². The Morgan fingerprint density at radius 3 is 2.92 bits per heavy atom. The first kappa shape index (κ1) is 19.3. The molecule has 2 rings (SSSR count). The van der Waals surface area contributed by atoms with Gasteiger partial charge in [0.1, 0.15) is 12.3 Å². The smallest absolute Gasteiger partial charge is 0.243 e. The molecule has 1 aromatic rings. The Labute approximate surface area is 151 Å². The van der Waals surface area contributed by atoms with Crippen LogP contribution in [0.2, 0.25) is 0 Å². The molecule has 1 aliphatic rings. The van der Waals surface area contributed by atoms with E-state index < -0.39 is 0 Å². The molecule has 2 N–H and O–H groups in total. The van der Waals surface area contributed by atoms with E-state index in [9.17, 15) is 4.79 Å². The molecule has 1 fully saturated rings. The number of hydrogen-bond donors (Lipinski definition) is 2. The average molecular weight is 348 g/mol. The summed E-state index contributed by atoms with van der Waals surface area (Å²) in [5, 5.41) is 6.87. The van der Waals surface area contributed by atoms with Crippen LogP contribution in [0.1, 0.15) is 44.8 Å². The Balaban J connectivity index is 1.90. The summed E-state index contributed by atoms with van der Waals surface area (Å²) in [4.78, 5) is 17.9. The van der Waals surface area contributed by atoms with Gasteiger partial charge >= 0.3 is 0 Å². The molecule has 6 heteroatoms. The summed E-state index contributed by atoms with van der Waals surface area (Å²) in [5.41, 5.74) is 0. The Morgan fingerprint density at radius 1 is 1.40 bits per heavy atom.